The Bertz CT molecular complexity index is 271. The molecule has 0 aromatic rings. The van der Waals surface area contributed by atoms with Gasteiger partial charge in [0.25, 0.3) is 0 Å². The Morgan fingerprint density at radius 3 is 2.47 bits per heavy atom. The molecule has 0 fully saturated rings. The molecule has 0 aromatic carbocycles. The summed E-state index contributed by atoms with van der Waals surface area (Å²) in [5, 5.41) is 9.41. The standard InChI is InChI=1S/C14H24O/c1-10(12(3)15)6-8-13-9-7-11(2)14(13,4)5/h6-8,10,12-13,15H,9H2,1-5H3/t10?,12?,13-/m1/s1. The third kappa shape index (κ3) is 2.72. The van der Waals surface area contributed by atoms with Crippen molar-refractivity contribution in [3.63, 3.8) is 0 Å². The molecule has 0 amide bonds. The predicted molar refractivity (Wildman–Crippen MR) is 65.6 cm³/mol. The number of aliphatic hydroxyl groups excluding tert-OH is 1. The minimum absolute atomic E-state index is 0.250. The molecule has 1 rings (SSSR count). The molecule has 15 heavy (non-hydrogen) atoms. The van der Waals surface area contributed by atoms with Gasteiger partial charge in [0.2, 0.25) is 0 Å². The van der Waals surface area contributed by atoms with Crippen LogP contribution in [0.1, 0.15) is 41.0 Å². The summed E-state index contributed by atoms with van der Waals surface area (Å²) in [6.07, 6.45) is 7.66. The number of hydrogen-bond donors (Lipinski definition) is 1. The summed E-state index contributed by atoms with van der Waals surface area (Å²) in [6, 6.07) is 0. The van der Waals surface area contributed by atoms with Crippen molar-refractivity contribution in [3.8, 4) is 0 Å². The lowest BCUT2D eigenvalue weighted by Crippen LogP contribution is -2.19. The highest BCUT2D eigenvalue weighted by Crippen LogP contribution is 2.43. The Kier molecular flexibility index (Phi) is 3.77. The number of allylic oxidation sites excluding steroid dienone is 3. The lowest BCUT2D eigenvalue weighted by atomic mass is 9.77. The first-order valence-electron chi connectivity index (χ1n) is 5.89. The zero-order chi connectivity index (χ0) is 11.6. The van der Waals surface area contributed by atoms with Crippen molar-refractivity contribution in [1.82, 2.24) is 0 Å². The van der Waals surface area contributed by atoms with Crippen LogP contribution in [-0.4, -0.2) is 11.2 Å². The summed E-state index contributed by atoms with van der Waals surface area (Å²) in [6.45, 7) is 10.7. The highest BCUT2D eigenvalue weighted by Gasteiger charge is 2.32. The largest absolute Gasteiger partial charge is 0.393 e. The van der Waals surface area contributed by atoms with Gasteiger partial charge in [-0.05, 0) is 37.5 Å². The van der Waals surface area contributed by atoms with E-state index in [2.05, 4.69) is 45.9 Å². The predicted octanol–water partition coefficient (Wildman–Crippen LogP) is 3.55. The van der Waals surface area contributed by atoms with Gasteiger partial charge in [-0.1, -0.05) is 44.6 Å². The fourth-order valence-corrected chi connectivity index (χ4v) is 1.94. The molecule has 0 saturated heterocycles. The van der Waals surface area contributed by atoms with Gasteiger partial charge < -0.3 is 5.11 Å². The SMILES string of the molecule is CC1=CC[C@@H](C=CC(C)C(C)O)C1(C)C. The van der Waals surface area contributed by atoms with Crippen molar-refractivity contribution in [2.75, 3.05) is 0 Å². The summed E-state index contributed by atoms with van der Waals surface area (Å²) in [5.74, 6) is 0.848. The van der Waals surface area contributed by atoms with Crippen molar-refractivity contribution in [2.24, 2.45) is 17.3 Å². The molecule has 0 radical (unpaired) electrons. The van der Waals surface area contributed by atoms with Crippen molar-refractivity contribution in [2.45, 2.75) is 47.1 Å². The molecule has 0 saturated carbocycles. The van der Waals surface area contributed by atoms with E-state index in [0.29, 0.717) is 5.92 Å². The highest BCUT2D eigenvalue weighted by molar-refractivity contribution is 5.22. The van der Waals surface area contributed by atoms with E-state index in [9.17, 15) is 5.11 Å². The van der Waals surface area contributed by atoms with Crippen molar-refractivity contribution < 1.29 is 5.11 Å². The summed E-state index contributed by atoms with van der Waals surface area (Å²) >= 11 is 0. The third-order valence-corrected chi connectivity index (χ3v) is 4.03. The molecule has 1 heteroatoms. The molecule has 1 N–H and O–H groups in total. The fraction of sp³-hybridized carbons (Fsp3) is 0.714. The van der Waals surface area contributed by atoms with Gasteiger partial charge in [-0.2, -0.15) is 0 Å². The zero-order valence-electron chi connectivity index (χ0n) is 10.6. The van der Waals surface area contributed by atoms with Crippen LogP contribution in [-0.2, 0) is 0 Å². The molecule has 0 spiro atoms. The van der Waals surface area contributed by atoms with Gasteiger partial charge in [0, 0.05) is 0 Å². The van der Waals surface area contributed by atoms with Crippen molar-refractivity contribution in [1.29, 1.82) is 0 Å². The second kappa shape index (κ2) is 4.52. The van der Waals surface area contributed by atoms with Crippen LogP contribution in [0.3, 0.4) is 0 Å². The normalized spacial score (nSPS) is 29.2. The Balaban J connectivity index is 2.62. The van der Waals surface area contributed by atoms with E-state index in [4.69, 9.17) is 0 Å². The average molecular weight is 208 g/mol. The van der Waals surface area contributed by atoms with Gasteiger partial charge >= 0.3 is 0 Å². The maximum absolute atomic E-state index is 9.41. The monoisotopic (exact) mass is 208 g/mol. The average Bonchev–Trinajstić information content (AvgIpc) is 2.39. The van der Waals surface area contributed by atoms with Crippen LogP contribution in [0.5, 0.6) is 0 Å². The second-order valence-corrected chi connectivity index (χ2v) is 5.44. The Morgan fingerprint density at radius 1 is 1.47 bits per heavy atom. The molecular formula is C14H24O. The molecule has 1 aliphatic rings. The minimum atomic E-state index is -0.250. The van der Waals surface area contributed by atoms with Crippen LogP contribution in [0.15, 0.2) is 23.8 Å². The fourth-order valence-electron chi connectivity index (χ4n) is 1.94. The maximum Gasteiger partial charge on any atom is 0.0572 e. The van der Waals surface area contributed by atoms with E-state index in [1.54, 1.807) is 0 Å². The van der Waals surface area contributed by atoms with Gasteiger partial charge in [-0.3, -0.25) is 0 Å². The summed E-state index contributed by atoms with van der Waals surface area (Å²) in [4.78, 5) is 0. The molecule has 0 bridgehead atoms. The Morgan fingerprint density at radius 2 is 2.07 bits per heavy atom. The molecule has 2 unspecified atom stereocenters. The van der Waals surface area contributed by atoms with Crippen LogP contribution < -0.4 is 0 Å². The first kappa shape index (κ1) is 12.5. The smallest absolute Gasteiger partial charge is 0.0572 e. The Hall–Kier alpha value is -0.560. The third-order valence-electron chi connectivity index (χ3n) is 4.03. The van der Waals surface area contributed by atoms with E-state index in [-0.39, 0.29) is 17.4 Å². The zero-order valence-corrected chi connectivity index (χ0v) is 10.6. The number of rotatable bonds is 3. The highest BCUT2D eigenvalue weighted by atomic mass is 16.3. The molecule has 86 valence electrons. The lowest BCUT2D eigenvalue weighted by molar-refractivity contribution is 0.156. The molecule has 1 aliphatic carbocycles. The summed E-state index contributed by atoms with van der Waals surface area (Å²) in [5.41, 5.74) is 1.77. The van der Waals surface area contributed by atoms with Crippen molar-refractivity contribution >= 4 is 0 Å². The number of hydrogen-bond acceptors (Lipinski definition) is 1. The molecule has 0 aromatic heterocycles. The molecule has 0 heterocycles. The van der Waals surface area contributed by atoms with E-state index in [0.717, 1.165) is 6.42 Å². The van der Waals surface area contributed by atoms with Gasteiger partial charge in [0.1, 0.15) is 0 Å². The first-order chi connectivity index (χ1) is 6.85. The lowest BCUT2D eigenvalue weighted by Gasteiger charge is -2.27. The quantitative estimate of drug-likeness (QED) is 0.703. The summed E-state index contributed by atoms with van der Waals surface area (Å²) in [7, 11) is 0. The van der Waals surface area contributed by atoms with Gasteiger partial charge in [-0.25, -0.2) is 0 Å². The topological polar surface area (TPSA) is 20.2 Å². The molecule has 3 atom stereocenters. The van der Waals surface area contributed by atoms with Crippen LogP contribution in [0.25, 0.3) is 0 Å². The first-order valence-corrected chi connectivity index (χ1v) is 5.89. The summed E-state index contributed by atoms with van der Waals surface area (Å²) < 4.78 is 0. The minimum Gasteiger partial charge on any atom is -0.393 e. The Labute approximate surface area is 93.9 Å². The van der Waals surface area contributed by atoms with Crippen LogP contribution >= 0.6 is 0 Å². The maximum atomic E-state index is 9.41. The van der Waals surface area contributed by atoms with Gasteiger partial charge in [0.05, 0.1) is 6.10 Å². The molecule has 0 aliphatic heterocycles. The second-order valence-electron chi connectivity index (χ2n) is 5.44. The number of aliphatic hydroxyl groups is 1. The van der Waals surface area contributed by atoms with Gasteiger partial charge in [0.15, 0.2) is 0 Å². The van der Waals surface area contributed by atoms with Crippen molar-refractivity contribution in [3.05, 3.63) is 23.8 Å². The van der Waals surface area contributed by atoms with E-state index >= 15 is 0 Å². The van der Waals surface area contributed by atoms with E-state index in [1.807, 2.05) is 6.92 Å². The van der Waals surface area contributed by atoms with Crippen LogP contribution in [0.4, 0.5) is 0 Å². The van der Waals surface area contributed by atoms with Crippen LogP contribution in [0, 0.1) is 17.3 Å². The van der Waals surface area contributed by atoms with Crippen LogP contribution in [0.2, 0.25) is 0 Å². The van der Waals surface area contributed by atoms with E-state index < -0.39 is 0 Å². The molecular weight excluding hydrogens is 184 g/mol. The van der Waals surface area contributed by atoms with E-state index in [1.165, 1.54) is 5.57 Å². The molecule has 1 nitrogen and oxygen atoms in total. The van der Waals surface area contributed by atoms with Gasteiger partial charge in [-0.15, -0.1) is 0 Å².